The Hall–Kier alpha value is -5.61. The molecule has 2 saturated heterocycles. The van der Waals surface area contributed by atoms with Crippen LogP contribution >= 0.6 is 11.6 Å². The first-order valence-electron chi connectivity index (χ1n) is 16.4. The van der Waals surface area contributed by atoms with E-state index >= 15 is 4.79 Å². The van der Waals surface area contributed by atoms with Gasteiger partial charge in [0.25, 0.3) is 5.69 Å². The number of carbonyl (C=O) groups is 4. The van der Waals surface area contributed by atoms with Gasteiger partial charge in [-0.1, -0.05) is 83.9 Å². The van der Waals surface area contributed by atoms with Gasteiger partial charge in [-0.2, -0.15) is 0 Å². The molecule has 11 heteroatoms. The van der Waals surface area contributed by atoms with Crippen LogP contribution in [0.5, 0.6) is 5.75 Å². The van der Waals surface area contributed by atoms with Crippen LogP contribution in [-0.2, 0) is 24.6 Å². The van der Waals surface area contributed by atoms with Gasteiger partial charge in [0.05, 0.1) is 39.5 Å². The molecule has 4 aromatic rings. The summed E-state index contributed by atoms with van der Waals surface area (Å²) in [5, 5.41) is 23.6. The number of hydrogen-bond donors (Lipinski definition) is 1. The van der Waals surface area contributed by atoms with E-state index in [9.17, 15) is 29.6 Å². The van der Waals surface area contributed by atoms with Crippen LogP contribution in [0.1, 0.15) is 35.4 Å². The zero-order valence-electron chi connectivity index (χ0n) is 26.7. The van der Waals surface area contributed by atoms with E-state index in [-0.39, 0.29) is 30.0 Å². The number of benzene rings is 4. The second kappa shape index (κ2) is 11.5. The molecule has 1 N–H and O–H groups in total. The summed E-state index contributed by atoms with van der Waals surface area (Å²) in [6.07, 6.45) is 2.15. The number of phenolic OH excluding ortho intramolecular Hbond substituents is 1. The minimum Gasteiger partial charge on any atom is -0.507 e. The number of nitrogens with zero attached hydrogens (tertiary/aromatic N) is 3. The number of phenols is 1. The number of imide groups is 2. The van der Waals surface area contributed by atoms with E-state index in [4.69, 9.17) is 11.6 Å². The molecule has 250 valence electrons. The van der Waals surface area contributed by atoms with Gasteiger partial charge in [-0.05, 0) is 61.1 Å². The summed E-state index contributed by atoms with van der Waals surface area (Å²) >= 11 is 6.36. The molecule has 4 aromatic carbocycles. The first kappa shape index (κ1) is 31.6. The van der Waals surface area contributed by atoms with Crippen LogP contribution in [0.25, 0.3) is 0 Å². The minimum absolute atomic E-state index is 0.0243. The van der Waals surface area contributed by atoms with Gasteiger partial charge in [-0.25, -0.2) is 9.80 Å². The van der Waals surface area contributed by atoms with Crippen molar-refractivity contribution in [1.82, 2.24) is 0 Å². The summed E-state index contributed by atoms with van der Waals surface area (Å²) in [5.74, 6) is -6.15. The molecule has 0 aromatic heterocycles. The van der Waals surface area contributed by atoms with Gasteiger partial charge in [-0.15, -0.1) is 0 Å². The molecule has 2 aliphatic carbocycles. The number of anilines is 2. The lowest BCUT2D eigenvalue weighted by Gasteiger charge is -2.50. The number of nitro benzene ring substituents is 1. The highest BCUT2D eigenvalue weighted by atomic mass is 35.5. The first-order valence-corrected chi connectivity index (χ1v) is 16.7. The van der Waals surface area contributed by atoms with Gasteiger partial charge >= 0.3 is 0 Å². The molecule has 4 aliphatic rings. The minimum atomic E-state index is -1.52. The summed E-state index contributed by atoms with van der Waals surface area (Å²) in [7, 11) is 0. The summed E-state index contributed by atoms with van der Waals surface area (Å²) in [5.41, 5.74) is 0.937. The highest BCUT2D eigenvalue weighted by Gasteiger charge is 2.70. The maximum absolute atomic E-state index is 15.3. The summed E-state index contributed by atoms with van der Waals surface area (Å²) in [6.45, 7) is 1.76. The quantitative estimate of drug-likeness (QED) is 0.108. The number of aromatic hydroxyl groups is 1. The van der Waals surface area contributed by atoms with Crippen LogP contribution in [-0.4, -0.2) is 33.7 Å². The predicted molar refractivity (Wildman–Crippen MR) is 185 cm³/mol. The number of carbonyl (C=O) groups excluding carboxylic acids is 4. The van der Waals surface area contributed by atoms with Crippen molar-refractivity contribution >= 4 is 52.3 Å². The number of rotatable bonds is 5. The van der Waals surface area contributed by atoms with Crippen LogP contribution < -0.4 is 9.80 Å². The molecule has 3 fully saturated rings. The lowest BCUT2D eigenvalue weighted by Crippen LogP contribution is -2.53. The van der Waals surface area contributed by atoms with Gasteiger partial charge in [0.2, 0.25) is 23.6 Å². The van der Waals surface area contributed by atoms with Crippen molar-refractivity contribution in [2.24, 2.45) is 23.7 Å². The molecule has 0 spiro atoms. The summed E-state index contributed by atoms with van der Waals surface area (Å²) in [4.78, 5) is 71.7. The van der Waals surface area contributed by atoms with Crippen molar-refractivity contribution in [3.05, 3.63) is 141 Å². The Kier molecular flexibility index (Phi) is 7.27. The fourth-order valence-corrected chi connectivity index (χ4v) is 9.19. The molecule has 2 aliphatic heterocycles. The summed E-state index contributed by atoms with van der Waals surface area (Å²) < 4.78 is 0. The van der Waals surface area contributed by atoms with Gasteiger partial charge in [0.15, 0.2) is 0 Å². The number of aryl methyl sites for hydroxylation is 1. The lowest BCUT2D eigenvalue weighted by atomic mass is 9.49. The SMILES string of the molecule is Cc1cccc([C@H]2C3=CC[C@@H]4C(=O)N(c5cccc([N+](=O)[O-])c5)C(=O)[C@@H]4[C@@H]3C[C@H]3C(=O)N(c4cccc(Cl)c4)C(=O)[C@@]23c2ccccc2)c1O. The number of fused-ring (bicyclic) bond motifs is 4. The zero-order valence-corrected chi connectivity index (χ0v) is 27.5. The Morgan fingerprint density at radius 2 is 1.52 bits per heavy atom. The second-order valence-electron chi connectivity index (χ2n) is 13.4. The van der Waals surface area contributed by atoms with Crippen molar-refractivity contribution in [2.75, 3.05) is 9.80 Å². The normalized spacial score (nSPS) is 27.2. The van der Waals surface area contributed by atoms with Crippen LogP contribution in [0.15, 0.2) is 109 Å². The number of halogens is 1. The van der Waals surface area contributed by atoms with Gasteiger partial charge in [0.1, 0.15) is 5.75 Å². The zero-order chi connectivity index (χ0) is 35.1. The molecule has 4 amide bonds. The van der Waals surface area contributed by atoms with Crippen molar-refractivity contribution in [1.29, 1.82) is 0 Å². The second-order valence-corrected chi connectivity index (χ2v) is 13.8. The van der Waals surface area contributed by atoms with Crippen LogP contribution in [0.4, 0.5) is 17.1 Å². The highest BCUT2D eigenvalue weighted by Crippen LogP contribution is 2.65. The van der Waals surface area contributed by atoms with E-state index in [1.165, 1.54) is 29.2 Å². The van der Waals surface area contributed by atoms with E-state index < -0.39 is 63.6 Å². The molecule has 2 heterocycles. The van der Waals surface area contributed by atoms with Gasteiger partial charge in [0, 0.05) is 28.6 Å². The van der Waals surface area contributed by atoms with E-state index in [0.717, 1.165) is 4.90 Å². The third kappa shape index (κ3) is 4.34. The fourth-order valence-electron chi connectivity index (χ4n) is 9.00. The van der Waals surface area contributed by atoms with E-state index in [0.29, 0.717) is 33.0 Å². The average molecular weight is 688 g/mol. The van der Waals surface area contributed by atoms with Crippen molar-refractivity contribution in [2.45, 2.75) is 31.1 Å². The number of para-hydroxylation sites is 1. The smallest absolute Gasteiger partial charge is 0.271 e. The number of hydrogen-bond acceptors (Lipinski definition) is 7. The number of amides is 4. The lowest BCUT2D eigenvalue weighted by molar-refractivity contribution is -0.384. The Morgan fingerprint density at radius 3 is 2.24 bits per heavy atom. The van der Waals surface area contributed by atoms with E-state index in [2.05, 4.69) is 0 Å². The Bertz CT molecular complexity index is 2190. The average Bonchev–Trinajstić information content (AvgIpc) is 3.50. The molecule has 0 radical (unpaired) electrons. The molecule has 6 atom stereocenters. The Morgan fingerprint density at radius 1 is 0.820 bits per heavy atom. The first-order chi connectivity index (χ1) is 24.0. The molecule has 1 saturated carbocycles. The standard InChI is InChI=1S/C39H30ClN3O7/c1-21-8-5-15-29(34(21)44)33-27-16-17-28-32(37(47)41(35(28)45)25-13-7-14-26(19-25)43(49)50)30(27)20-31-36(46)42(24-12-6-11-23(40)18-24)38(48)39(31,33)22-9-3-2-4-10-22/h2-16,18-19,28,30-33,44H,17,20H2,1H3/t28-,30+,31-,32-,33+,39+/m0/s1. The Balaban J connectivity index is 1.35. The molecule has 8 rings (SSSR count). The molecule has 10 nitrogen and oxygen atoms in total. The van der Waals surface area contributed by atoms with Crippen LogP contribution in [0.3, 0.4) is 0 Å². The molecular weight excluding hydrogens is 658 g/mol. The van der Waals surface area contributed by atoms with Gasteiger partial charge < -0.3 is 5.11 Å². The Labute approximate surface area is 291 Å². The van der Waals surface area contributed by atoms with Crippen LogP contribution in [0, 0.1) is 40.7 Å². The van der Waals surface area contributed by atoms with Crippen molar-refractivity contribution in [3.8, 4) is 5.75 Å². The molecule has 50 heavy (non-hydrogen) atoms. The van der Waals surface area contributed by atoms with Gasteiger partial charge in [-0.3, -0.25) is 29.3 Å². The topological polar surface area (TPSA) is 138 Å². The maximum Gasteiger partial charge on any atom is 0.271 e. The van der Waals surface area contributed by atoms with Crippen LogP contribution in [0.2, 0.25) is 5.02 Å². The van der Waals surface area contributed by atoms with E-state index in [1.54, 1.807) is 49.4 Å². The fraction of sp³-hybridized carbons (Fsp3) is 0.231. The number of allylic oxidation sites excluding steroid dienone is 2. The molecule has 0 bridgehead atoms. The monoisotopic (exact) mass is 687 g/mol. The highest BCUT2D eigenvalue weighted by molar-refractivity contribution is 6.32. The van der Waals surface area contributed by atoms with E-state index in [1.807, 2.05) is 36.4 Å². The molecular formula is C39H30ClN3O7. The third-order valence-corrected chi connectivity index (χ3v) is 11.3. The third-order valence-electron chi connectivity index (χ3n) is 11.0. The largest absolute Gasteiger partial charge is 0.507 e. The predicted octanol–water partition coefficient (Wildman–Crippen LogP) is 6.63. The van der Waals surface area contributed by atoms with Crippen molar-refractivity contribution in [3.63, 3.8) is 0 Å². The number of nitro groups is 1. The molecule has 0 unspecified atom stereocenters. The summed E-state index contributed by atoms with van der Waals surface area (Å²) in [6, 6.07) is 26.3. The van der Waals surface area contributed by atoms with Crippen molar-refractivity contribution < 1.29 is 29.2 Å². The number of non-ortho nitro benzene ring substituents is 1. The maximum atomic E-state index is 15.3.